The Labute approximate surface area is 134 Å². The topological polar surface area (TPSA) is 56.8 Å². The summed E-state index contributed by atoms with van der Waals surface area (Å²) in [6, 6.07) is 0. The minimum Gasteiger partial charge on any atom is -0.345 e. The van der Waals surface area contributed by atoms with Crippen molar-refractivity contribution in [2.24, 2.45) is 5.92 Å². The standard InChI is InChI=1S/C15H22N4O2S/c1-11-16-13(10-22-11)9-18-3-5-19(6-4-18)15(21)12-7-14(20)17(2)8-12/h10,12H,3-9H2,1-2H3/t12-/m0/s1. The molecule has 120 valence electrons. The van der Waals surface area contributed by atoms with Gasteiger partial charge in [0.2, 0.25) is 11.8 Å². The molecule has 0 N–H and O–H groups in total. The van der Waals surface area contributed by atoms with Crippen LogP contribution in [0.2, 0.25) is 0 Å². The highest BCUT2D eigenvalue weighted by atomic mass is 32.1. The van der Waals surface area contributed by atoms with Gasteiger partial charge in [0.05, 0.1) is 16.6 Å². The van der Waals surface area contributed by atoms with Crippen LogP contribution in [-0.2, 0) is 16.1 Å². The number of hydrogen-bond donors (Lipinski definition) is 0. The van der Waals surface area contributed by atoms with Crippen molar-refractivity contribution in [3.05, 3.63) is 16.1 Å². The van der Waals surface area contributed by atoms with E-state index in [-0.39, 0.29) is 17.7 Å². The van der Waals surface area contributed by atoms with E-state index in [1.165, 1.54) is 0 Å². The summed E-state index contributed by atoms with van der Waals surface area (Å²) < 4.78 is 0. The third kappa shape index (κ3) is 3.30. The van der Waals surface area contributed by atoms with Crippen molar-refractivity contribution in [1.82, 2.24) is 19.7 Å². The second-order valence-corrected chi connectivity index (χ2v) is 7.20. The molecule has 2 fully saturated rings. The smallest absolute Gasteiger partial charge is 0.228 e. The number of carbonyl (C=O) groups excluding carboxylic acids is 2. The molecule has 22 heavy (non-hydrogen) atoms. The summed E-state index contributed by atoms with van der Waals surface area (Å²) in [5.74, 6) is 0.0722. The minimum absolute atomic E-state index is 0.0795. The molecular weight excluding hydrogens is 300 g/mol. The van der Waals surface area contributed by atoms with Crippen LogP contribution in [0.4, 0.5) is 0 Å². The quantitative estimate of drug-likeness (QED) is 0.817. The summed E-state index contributed by atoms with van der Waals surface area (Å²) in [5, 5.41) is 3.20. The zero-order valence-corrected chi connectivity index (χ0v) is 13.9. The summed E-state index contributed by atoms with van der Waals surface area (Å²) in [6.45, 7) is 6.68. The molecule has 2 saturated heterocycles. The molecule has 0 aromatic carbocycles. The highest BCUT2D eigenvalue weighted by Gasteiger charge is 2.35. The van der Waals surface area contributed by atoms with E-state index in [4.69, 9.17) is 0 Å². The zero-order valence-electron chi connectivity index (χ0n) is 13.1. The molecule has 0 spiro atoms. The fraction of sp³-hybridized carbons (Fsp3) is 0.667. The summed E-state index contributed by atoms with van der Waals surface area (Å²) >= 11 is 1.68. The van der Waals surface area contributed by atoms with Crippen molar-refractivity contribution in [2.45, 2.75) is 19.9 Å². The van der Waals surface area contributed by atoms with Gasteiger partial charge in [0.15, 0.2) is 0 Å². The summed E-state index contributed by atoms with van der Waals surface area (Å²) in [5.41, 5.74) is 1.12. The molecule has 1 aromatic rings. The largest absolute Gasteiger partial charge is 0.345 e. The van der Waals surface area contributed by atoms with Gasteiger partial charge in [0.25, 0.3) is 0 Å². The van der Waals surface area contributed by atoms with Crippen molar-refractivity contribution in [2.75, 3.05) is 39.8 Å². The van der Waals surface area contributed by atoms with E-state index in [0.717, 1.165) is 43.4 Å². The first kappa shape index (κ1) is 15.4. The molecule has 0 bridgehead atoms. The average molecular weight is 322 g/mol. The summed E-state index contributed by atoms with van der Waals surface area (Å²) in [7, 11) is 1.77. The molecule has 7 heteroatoms. The van der Waals surface area contributed by atoms with Gasteiger partial charge in [-0.3, -0.25) is 14.5 Å². The summed E-state index contributed by atoms with van der Waals surface area (Å²) in [4.78, 5) is 34.4. The molecule has 1 aromatic heterocycles. The van der Waals surface area contributed by atoms with E-state index >= 15 is 0 Å². The Morgan fingerprint density at radius 3 is 2.64 bits per heavy atom. The second kappa shape index (κ2) is 6.34. The molecule has 0 radical (unpaired) electrons. The third-order valence-electron chi connectivity index (χ3n) is 4.43. The van der Waals surface area contributed by atoms with Crippen LogP contribution in [0.5, 0.6) is 0 Å². The van der Waals surface area contributed by atoms with Gasteiger partial charge in [-0.05, 0) is 6.92 Å². The Bertz CT molecular complexity index is 566. The van der Waals surface area contributed by atoms with E-state index < -0.39 is 0 Å². The monoisotopic (exact) mass is 322 g/mol. The van der Waals surface area contributed by atoms with Crippen molar-refractivity contribution in [3.8, 4) is 0 Å². The van der Waals surface area contributed by atoms with E-state index in [0.29, 0.717) is 13.0 Å². The molecule has 1 atom stereocenters. The first-order valence-electron chi connectivity index (χ1n) is 7.69. The number of likely N-dealkylation sites (tertiary alicyclic amines) is 1. The Kier molecular flexibility index (Phi) is 4.44. The van der Waals surface area contributed by atoms with Crippen LogP contribution < -0.4 is 0 Å². The van der Waals surface area contributed by atoms with Crippen LogP contribution in [0.15, 0.2) is 5.38 Å². The number of amides is 2. The van der Waals surface area contributed by atoms with E-state index in [2.05, 4.69) is 15.3 Å². The van der Waals surface area contributed by atoms with Crippen molar-refractivity contribution in [3.63, 3.8) is 0 Å². The van der Waals surface area contributed by atoms with Gasteiger partial charge in [0, 0.05) is 58.1 Å². The molecule has 2 amide bonds. The molecule has 2 aliphatic rings. The highest BCUT2D eigenvalue weighted by Crippen LogP contribution is 2.20. The first-order chi connectivity index (χ1) is 10.5. The van der Waals surface area contributed by atoms with Gasteiger partial charge >= 0.3 is 0 Å². The van der Waals surface area contributed by atoms with E-state index in [1.54, 1.807) is 23.3 Å². The van der Waals surface area contributed by atoms with Gasteiger partial charge in [-0.25, -0.2) is 4.98 Å². The fourth-order valence-corrected chi connectivity index (χ4v) is 3.73. The Balaban J connectivity index is 1.49. The number of hydrogen-bond acceptors (Lipinski definition) is 5. The lowest BCUT2D eigenvalue weighted by atomic mass is 10.1. The van der Waals surface area contributed by atoms with E-state index in [9.17, 15) is 9.59 Å². The van der Waals surface area contributed by atoms with Crippen molar-refractivity contribution < 1.29 is 9.59 Å². The SMILES string of the molecule is Cc1nc(CN2CCN(C(=O)[C@H]3CC(=O)N(C)C3)CC2)cs1. The molecule has 0 aliphatic carbocycles. The Hall–Kier alpha value is -1.47. The van der Waals surface area contributed by atoms with Gasteiger partial charge in [-0.1, -0.05) is 0 Å². The fourth-order valence-electron chi connectivity index (χ4n) is 3.12. The summed E-state index contributed by atoms with van der Waals surface area (Å²) in [6.07, 6.45) is 0.369. The lowest BCUT2D eigenvalue weighted by molar-refractivity contribution is -0.137. The molecule has 3 heterocycles. The van der Waals surface area contributed by atoms with Crippen LogP contribution in [0.25, 0.3) is 0 Å². The number of piperazine rings is 1. The molecule has 6 nitrogen and oxygen atoms in total. The van der Waals surface area contributed by atoms with Crippen LogP contribution in [0.3, 0.4) is 0 Å². The average Bonchev–Trinajstić information content (AvgIpc) is 3.05. The predicted octanol–water partition coefficient (Wildman–Crippen LogP) is 0.574. The van der Waals surface area contributed by atoms with Crippen LogP contribution in [-0.4, -0.2) is 71.3 Å². The number of aromatic nitrogens is 1. The Morgan fingerprint density at radius 1 is 1.36 bits per heavy atom. The number of aryl methyl sites for hydroxylation is 1. The maximum atomic E-state index is 12.5. The maximum Gasteiger partial charge on any atom is 0.228 e. The van der Waals surface area contributed by atoms with Crippen LogP contribution in [0, 0.1) is 12.8 Å². The first-order valence-corrected chi connectivity index (χ1v) is 8.57. The Morgan fingerprint density at radius 2 is 2.09 bits per heavy atom. The van der Waals surface area contributed by atoms with Crippen LogP contribution in [0.1, 0.15) is 17.1 Å². The molecule has 0 saturated carbocycles. The number of nitrogens with zero attached hydrogens (tertiary/aromatic N) is 4. The lowest BCUT2D eigenvalue weighted by Crippen LogP contribution is -2.50. The minimum atomic E-state index is -0.148. The lowest BCUT2D eigenvalue weighted by Gasteiger charge is -2.35. The number of thiazole rings is 1. The van der Waals surface area contributed by atoms with Crippen molar-refractivity contribution in [1.29, 1.82) is 0 Å². The van der Waals surface area contributed by atoms with Crippen LogP contribution >= 0.6 is 11.3 Å². The van der Waals surface area contributed by atoms with Gasteiger partial charge in [0.1, 0.15) is 0 Å². The zero-order chi connectivity index (χ0) is 15.7. The number of carbonyl (C=O) groups is 2. The maximum absolute atomic E-state index is 12.5. The number of rotatable bonds is 3. The second-order valence-electron chi connectivity index (χ2n) is 6.13. The van der Waals surface area contributed by atoms with Gasteiger partial charge < -0.3 is 9.80 Å². The molecular formula is C15H22N4O2S. The molecule has 2 aliphatic heterocycles. The highest BCUT2D eigenvalue weighted by molar-refractivity contribution is 7.09. The van der Waals surface area contributed by atoms with Crippen molar-refractivity contribution >= 4 is 23.2 Å². The molecule has 0 unspecified atom stereocenters. The predicted molar refractivity (Wildman–Crippen MR) is 84.5 cm³/mol. The van der Waals surface area contributed by atoms with Gasteiger partial charge in [-0.15, -0.1) is 11.3 Å². The normalized spacial score (nSPS) is 23.4. The third-order valence-corrected chi connectivity index (χ3v) is 5.25. The van der Waals surface area contributed by atoms with Gasteiger partial charge in [-0.2, -0.15) is 0 Å². The van der Waals surface area contributed by atoms with E-state index in [1.807, 2.05) is 11.8 Å². The molecule has 3 rings (SSSR count).